The molecule has 2 aromatic rings. The van der Waals surface area contributed by atoms with Crippen LogP contribution in [0.2, 0.25) is 0 Å². The minimum atomic E-state index is 0.0842. The highest BCUT2D eigenvalue weighted by Gasteiger charge is 2.26. The first kappa shape index (κ1) is 15.8. The second-order valence-electron chi connectivity index (χ2n) is 6.41. The van der Waals surface area contributed by atoms with Crippen molar-refractivity contribution in [2.45, 2.75) is 33.0 Å². The molecule has 1 fully saturated rings. The second kappa shape index (κ2) is 6.55. The molecular weight excluding hydrogens is 286 g/mol. The van der Waals surface area contributed by atoms with Gasteiger partial charge in [0.05, 0.1) is 12.2 Å². The van der Waals surface area contributed by atoms with Crippen LogP contribution in [0, 0.1) is 6.92 Å². The van der Waals surface area contributed by atoms with Crippen molar-refractivity contribution in [3.8, 4) is 11.1 Å². The van der Waals surface area contributed by atoms with E-state index in [4.69, 9.17) is 4.74 Å². The van der Waals surface area contributed by atoms with Gasteiger partial charge in [-0.3, -0.25) is 4.79 Å². The average Bonchev–Trinajstić information content (AvgIpc) is 2.54. The standard InChI is InChI=1S/C20H23NO2/c1-14-7-9-17(10-8-14)18-5-4-6-19(11-18)20(22)21-12-15(2)23-16(3)13-21/h4-11,15-16H,12-13H2,1-3H3. The highest BCUT2D eigenvalue weighted by Crippen LogP contribution is 2.22. The van der Waals surface area contributed by atoms with Gasteiger partial charge in [0, 0.05) is 18.7 Å². The first-order valence-electron chi connectivity index (χ1n) is 8.15. The molecular formula is C20H23NO2. The molecule has 2 atom stereocenters. The quantitative estimate of drug-likeness (QED) is 0.841. The van der Waals surface area contributed by atoms with Crippen LogP contribution in [0.5, 0.6) is 0 Å². The molecule has 23 heavy (non-hydrogen) atoms. The lowest BCUT2D eigenvalue weighted by Gasteiger charge is -2.35. The number of hydrogen-bond donors (Lipinski definition) is 0. The first-order valence-corrected chi connectivity index (χ1v) is 8.15. The van der Waals surface area contributed by atoms with Crippen molar-refractivity contribution < 1.29 is 9.53 Å². The Kier molecular flexibility index (Phi) is 4.49. The number of ether oxygens (including phenoxy) is 1. The summed E-state index contributed by atoms with van der Waals surface area (Å²) in [6.45, 7) is 7.40. The van der Waals surface area contributed by atoms with Crippen LogP contribution in [0.4, 0.5) is 0 Å². The van der Waals surface area contributed by atoms with Gasteiger partial charge in [-0.15, -0.1) is 0 Å². The highest BCUT2D eigenvalue weighted by molar-refractivity contribution is 5.95. The van der Waals surface area contributed by atoms with Gasteiger partial charge >= 0.3 is 0 Å². The zero-order valence-corrected chi connectivity index (χ0v) is 14.0. The van der Waals surface area contributed by atoms with Crippen LogP contribution in [-0.2, 0) is 4.74 Å². The van der Waals surface area contributed by atoms with E-state index in [1.165, 1.54) is 5.56 Å². The number of carbonyl (C=O) groups excluding carboxylic acids is 1. The molecule has 2 unspecified atom stereocenters. The number of rotatable bonds is 2. The number of hydrogen-bond acceptors (Lipinski definition) is 2. The Balaban J connectivity index is 1.84. The fourth-order valence-electron chi connectivity index (χ4n) is 3.10. The lowest BCUT2D eigenvalue weighted by Crippen LogP contribution is -2.48. The van der Waals surface area contributed by atoms with Crippen LogP contribution < -0.4 is 0 Å². The van der Waals surface area contributed by atoms with Crippen molar-refractivity contribution in [3.05, 3.63) is 59.7 Å². The van der Waals surface area contributed by atoms with Crippen molar-refractivity contribution in [1.29, 1.82) is 0 Å². The van der Waals surface area contributed by atoms with Crippen LogP contribution in [-0.4, -0.2) is 36.1 Å². The molecule has 0 aromatic heterocycles. The molecule has 3 nitrogen and oxygen atoms in total. The molecule has 1 aliphatic rings. The summed E-state index contributed by atoms with van der Waals surface area (Å²) in [6.07, 6.45) is 0.172. The molecule has 0 aliphatic carbocycles. The zero-order chi connectivity index (χ0) is 16.4. The summed E-state index contributed by atoms with van der Waals surface area (Å²) < 4.78 is 5.71. The molecule has 1 aliphatic heterocycles. The van der Waals surface area contributed by atoms with E-state index in [0.717, 1.165) is 16.7 Å². The number of carbonyl (C=O) groups is 1. The SMILES string of the molecule is Cc1ccc(-c2cccc(C(=O)N3CC(C)OC(C)C3)c2)cc1. The monoisotopic (exact) mass is 309 g/mol. The normalized spacial score (nSPS) is 21.3. The highest BCUT2D eigenvalue weighted by atomic mass is 16.5. The van der Waals surface area contributed by atoms with Crippen LogP contribution >= 0.6 is 0 Å². The van der Waals surface area contributed by atoms with E-state index in [2.05, 4.69) is 31.2 Å². The fraction of sp³-hybridized carbons (Fsp3) is 0.350. The smallest absolute Gasteiger partial charge is 0.254 e. The predicted octanol–water partition coefficient (Wildman–Crippen LogP) is 3.91. The Labute approximate surface area is 137 Å². The number of morpholine rings is 1. The van der Waals surface area contributed by atoms with E-state index in [0.29, 0.717) is 13.1 Å². The number of aryl methyl sites for hydroxylation is 1. The van der Waals surface area contributed by atoms with Gasteiger partial charge in [0.1, 0.15) is 0 Å². The fourth-order valence-corrected chi connectivity index (χ4v) is 3.10. The molecule has 0 bridgehead atoms. The molecule has 0 spiro atoms. The molecule has 1 amide bonds. The summed E-state index contributed by atoms with van der Waals surface area (Å²) in [4.78, 5) is 14.7. The van der Waals surface area contributed by atoms with Gasteiger partial charge in [0.25, 0.3) is 5.91 Å². The van der Waals surface area contributed by atoms with Gasteiger partial charge < -0.3 is 9.64 Å². The van der Waals surface area contributed by atoms with Gasteiger partial charge in [0.15, 0.2) is 0 Å². The molecule has 0 saturated carbocycles. The summed E-state index contributed by atoms with van der Waals surface area (Å²) in [5.41, 5.74) is 4.18. The number of amides is 1. The van der Waals surface area contributed by atoms with Gasteiger partial charge in [-0.1, -0.05) is 42.0 Å². The maximum Gasteiger partial charge on any atom is 0.254 e. The van der Waals surface area contributed by atoms with Crippen molar-refractivity contribution >= 4 is 5.91 Å². The second-order valence-corrected chi connectivity index (χ2v) is 6.41. The van der Waals surface area contributed by atoms with Gasteiger partial charge in [-0.25, -0.2) is 0 Å². The van der Waals surface area contributed by atoms with E-state index >= 15 is 0 Å². The summed E-state index contributed by atoms with van der Waals surface area (Å²) in [6, 6.07) is 16.3. The average molecular weight is 309 g/mol. The Morgan fingerprint density at radius 3 is 2.30 bits per heavy atom. The van der Waals surface area contributed by atoms with Crippen LogP contribution in [0.3, 0.4) is 0 Å². The molecule has 1 saturated heterocycles. The minimum absolute atomic E-state index is 0.0842. The molecule has 3 rings (SSSR count). The van der Waals surface area contributed by atoms with Gasteiger partial charge in [0.2, 0.25) is 0 Å². The van der Waals surface area contributed by atoms with E-state index in [9.17, 15) is 4.79 Å². The Bertz CT molecular complexity index is 683. The summed E-state index contributed by atoms with van der Waals surface area (Å²) in [7, 11) is 0. The Morgan fingerprint density at radius 1 is 1.00 bits per heavy atom. The Hall–Kier alpha value is -2.13. The predicted molar refractivity (Wildman–Crippen MR) is 92.5 cm³/mol. The van der Waals surface area contributed by atoms with Crippen molar-refractivity contribution in [2.24, 2.45) is 0 Å². The molecule has 120 valence electrons. The summed E-state index contributed by atoms with van der Waals surface area (Å²) in [5, 5.41) is 0. The third-order valence-electron chi connectivity index (χ3n) is 4.20. The third kappa shape index (κ3) is 3.62. The van der Waals surface area contributed by atoms with Crippen LogP contribution in [0.1, 0.15) is 29.8 Å². The van der Waals surface area contributed by atoms with Crippen molar-refractivity contribution in [1.82, 2.24) is 4.90 Å². The number of benzene rings is 2. The van der Waals surface area contributed by atoms with E-state index in [-0.39, 0.29) is 18.1 Å². The maximum absolute atomic E-state index is 12.8. The van der Waals surface area contributed by atoms with Crippen LogP contribution in [0.15, 0.2) is 48.5 Å². The first-order chi connectivity index (χ1) is 11.0. The van der Waals surface area contributed by atoms with E-state index in [1.807, 2.05) is 43.0 Å². The molecule has 2 aromatic carbocycles. The van der Waals surface area contributed by atoms with E-state index in [1.54, 1.807) is 0 Å². The number of nitrogens with zero attached hydrogens (tertiary/aromatic N) is 1. The van der Waals surface area contributed by atoms with Gasteiger partial charge in [-0.05, 0) is 44.0 Å². The van der Waals surface area contributed by atoms with Crippen molar-refractivity contribution in [2.75, 3.05) is 13.1 Å². The summed E-state index contributed by atoms with van der Waals surface area (Å²) >= 11 is 0. The third-order valence-corrected chi connectivity index (χ3v) is 4.20. The largest absolute Gasteiger partial charge is 0.372 e. The molecule has 1 heterocycles. The van der Waals surface area contributed by atoms with E-state index < -0.39 is 0 Å². The molecule has 3 heteroatoms. The minimum Gasteiger partial charge on any atom is -0.372 e. The lowest BCUT2D eigenvalue weighted by atomic mass is 10.0. The van der Waals surface area contributed by atoms with Crippen molar-refractivity contribution in [3.63, 3.8) is 0 Å². The molecule has 0 N–H and O–H groups in total. The van der Waals surface area contributed by atoms with Crippen LogP contribution in [0.25, 0.3) is 11.1 Å². The maximum atomic E-state index is 12.8. The van der Waals surface area contributed by atoms with Gasteiger partial charge in [-0.2, -0.15) is 0 Å². The zero-order valence-electron chi connectivity index (χ0n) is 14.0. The lowest BCUT2D eigenvalue weighted by molar-refractivity contribution is -0.0586. The molecule has 0 radical (unpaired) electrons. The topological polar surface area (TPSA) is 29.5 Å². The summed E-state index contributed by atoms with van der Waals surface area (Å²) in [5.74, 6) is 0.0842. The Morgan fingerprint density at radius 2 is 1.65 bits per heavy atom.